The van der Waals surface area contributed by atoms with Crippen LogP contribution in [0.1, 0.15) is 97.0 Å². The van der Waals surface area contributed by atoms with Gasteiger partial charge in [0.15, 0.2) is 11.6 Å². The van der Waals surface area contributed by atoms with Crippen LogP contribution in [-0.2, 0) is 0 Å². The van der Waals surface area contributed by atoms with Crippen LogP contribution in [-0.4, -0.2) is 17.3 Å². The highest BCUT2D eigenvalue weighted by atomic mass is 19.1. The van der Waals surface area contributed by atoms with Crippen molar-refractivity contribution < 1.29 is 14.2 Å². The molecule has 0 unspecified atom stereocenters. The third-order valence-electron chi connectivity index (χ3n) is 4.45. The van der Waals surface area contributed by atoms with Gasteiger partial charge < -0.3 is 9.84 Å². The van der Waals surface area contributed by atoms with E-state index in [1.165, 1.54) is 63.9 Å². The number of halogens is 1. The molecule has 1 N–H and O–H groups in total. The van der Waals surface area contributed by atoms with E-state index < -0.39 is 11.4 Å². The predicted octanol–water partition coefficient (Wildman–Crippen LogP) is 6.64. The zero-order valence-corrected chi connectivity index (χ0v) is 17.5. The van der Waals surface area contributed by atoms with E-state index in [0.717, 1.165) is 12.8 Å². The van der Waals surface area contributed by atoms with Crippen molar-refractivity contribution in [3.05, 3.63) is 29.6 Å². The number of rotatable bonds is 13. The van der Waals surface area contributed by atoms with Crippen molar-refractivity contribution in [3.8, 4) is 17.6 Å². The molecule has 1 rings (SSSR count). The molecule has 0 amide bonds. The van der Waals surface area contributed by atoms with E-state index in [0.29, 0.717) is 12.2 Å². The fourth-order valence-corrected chi connectivity index (χ4v) is 2.87. The Labute approximate surface area is 165 Å². The maximum Gasteiger partial charge on any atom is 0.166 e. The van der Waals surface area contributed by atoms with Gasteiger partial charge in [0.1, 0.15) is 5.60 Å². The van der Waals surface area contributed by atoms with Crippen molar-refractivity contribution in [2.45, 2.75) is 97.0 Å². The molecule has 0 saturated carbocycles. The van der Waals surface area contributed by atoms with Crippen LogP contribution in [0.4, 0.5) is 4.39 Å². The van der Waals surface area contributed by atoms with Crippen molar-refractivity contribution in [1.29, 1.82) is 0 Å². The van der Waals surface area contributed by atoms with Gasteiger partial charge >= 0.3 is 0 Å². The summed E-state index contributed by atoms with van der Waals surface area (Å²) in [5.74, 6) is 5.32. The first-order chi connectivity index (χ1) is 12.9. The summed E-state index contributed by atoms with van der Waals surface area (Å²) in [6.07, 6.45) is 14.1. The lowest BCUT2D eigenvalue weighted by Crippen LogP contribution is -2.14. The van der Waals surface area contributed by atoms with Gasteiger partial charge in [0.05, 0.1) is 6.61 Å². The average Bonchev–Trinajstić information content (AvgIpc) is 2.61. The molecule has 0 fully saturated rings. The second-order valence-electron chi connectivity index (χ2n) is 7.84. The van der Waals surface area contributed by atoms with Crippen molar-refractivity contribution >= 4 is 0 Å². The van der Waals surface area contributed by atoms with Crippen LogP contribution in [0.5, 0.6) is 5.75 Å². The van der Waals surface area contributed by atoms with Crippen LogP contribution in [0.3, 0.4) is 0 Å². The van der Waals surface area contributed by atoms with Crippen molar-refractivity contribution in [3.63, 3.8) is 0 Å². The summed E-state index contributed by atoms with van der Waals surface area (Å²) in [5, 5.41) is 9.59. The number of unbranched alkanes of at least 4 members (excludes halogenated alkanes) is 10. The lowest BCUT2D eigenvalue weighted by atomic mass is 10.1. The predicted molar refractivity (Wildman–Crippen MR) is 112 cm³/mol. The Morgan fingerprint density at radius 1 is 0.926 bits per heavy atom. The molecule has 3 heteroatoms. The van der Waals surface area contributed by atoms with E-state index in [2.05, 4.69) is 18.8 Å². The quantitative estimate of drug-likeness (QED) is 0.309. The first-order valence-electron chi connectivity index (χ1n) is 10.6. The van der Waals surface area contributed by atoms with Gasteiger partial charge in [-0.25, -0.2) is 4.39 Å². The lowest BCUT2D eigenvalue weighted by molar-refractivity contribution is 0.143. The highest BCUT2D eigenvalue weighted by molar-refractivity contribution is 5.40. The third-order valence-corrected chi connectivity index (χ3v) is 4.45. The van der Waals surface area contributed by atoms with Crippen molar-refractivity contribution in [1.82, 2.24) is 0 Å². The number of aliphatic hydroxyl groups is 1. The second-order valence-corrected chi connectivity index (χ2v) is 7.84. The molecular formula is C24H37FO2. The zero-order chi connectivity index (χ0) is 20.0. The highest BCUT2D eigenvalue weighted by Gasteiger charge is 2.07. The number of benzene rings is 1. The standard InChI is InChI=1S/C24H37FO2/c1-4-5-6-7-8-9-10-11-12-13-14-19-27-23-16-15-21(20-22(23)25)17-18-24(2,3)26/h15-16,20,26H,4-14,19H2,1-3H3. The Bertz CT molecular complexity index is 578. The molecule has 0 radical (unpaired) electrons. The Balaban J connectivity index is 2.12. The summed E-state index contributed by atoms with van der Waals surface area (Å²) in [7, 11) is 0. The van der Waals surface area contributed by atoms with E-state index >= 15 is 0 Å². The molecule has 0 bridgehead atoms. The van der Waals surface area contributed by atoms with Crippen molar-refractivity contribution in [2.75, 3.05) is 6.61 Å². The molecule has 1 aromatic rings. The number of hydrogen-bond acceptors (Lipinski definition) is 2. The molecule has 27 heavy (non-hydrogen) atoms. The maximum atomic E-state index is 14.0. The monoisotopic (exact) mass is 376 g/mol. The summed E-state index contributed by atoms with van der Waals surface area (Å²) in [5.41, 5.74) is -0.544. The van der Waals surface area contributed by atoms with E-state index in [-0.39, 0.29) is 5.75 Å². The topological polar surface area (TPSA) is 29.5 Å². The Kier molecular flexibility index (Phi) is 11.9. The number of hydrogen-bond donors (Lipinski definition) is 1. The Hall–Kier alpha value is -1.53. The zero-order valence-electron chi connectivity index (χ0n) is 17.5. The van der Waals surface area contributed by atoms with E-state index in [1.54, 1.807) is 26.0 Å². The van der Waals surface area contributed by atoms with Crippen molar-refractivity contribution in [2.24, 2.45) is 0 Å². The SMILES string of the molecule is CCCCCCCCCCCCCOc1ccc(C#CC(C)(C)O)cc1F. The number of ether oxygens (including phenoxy) is 1. The molecule has 0 aliphatic heterocycles. The van der Waals surface area contributed by atoms with Crippen LogP contribution < -0.4 is 4.74 Å². The fourth-order valence-electron chi connectivity index (χ4n) is 2.87. The maximum absolute atomic E-state index is 14.0. The average molecular weight is 377 g/mol. The lowest BCUT2D eigenvalue weighted by Gasteiger charge is -2.08. The normalized spacial score (nSPS) is 11.1. The van der Waals surface area contributed by atoms with Crippen LogP contribution in [0.25, 0.3) is 0 Å². The Morgan fingerprint density at radius 3 is 2.00 bits per heavy atom. The fraction of sp³-hybridized carbons (Fsp3) is 0.667. The van der Waals surface area contributed by atoms with Gasteiger partial charge in [0.2, 0.25) is 0 Å². The minimum atomic E-state index is -1.08. The van der Waals surface area contributed by atoms with Crippen LogP contribution >= 0.6 is 0 Å². The summed E-state index contributed by atoms with van der Waals surface area (Å²) in [6, 6.07) is 4.69. The Morgan fingerprint density at radius 2 is 1.48 bits per heavy atom. The smallest absolute Gasteiger partial charge is 0.166 e. The highest BCUT2D eigenvalue weighted by Crippen LogP contribution is 2.19. The molecular weight excluding hydrogens is 339 g/mol. The minimum Gasteiger partial charge on any atom is -0.491 e. The summed E-state index contributed by atoms with van der Waals surface area (Å²) in [6.45, 7) is 5.99. The largest absolute Gasteiger partial charge is 0.491 e. The summed E-state index contributed by atoms with van der Waals surface area (Å²) in [4.78, 5) is 0. The molecule has 152 valence electrons. The van der Waals surface area contributed by atoms with Gasteiger partial charge in [-0.05, 0) is 38.5 Å². The van der Waals surface area contributed by atoms with Gasteiger partial charge in [-0.1, -0.05) is 83.0 Å². The van der Waals surface area contributed by atoms with Crippen LogP contribution in [0.15, 0.2) is 18.2 Å². The molecule has 0 aliphatic carbocycles. The second kappa shape index (κ2) is 13.6. The molecule has 0 aliphatic rings. The van der Waals surface area contributed by atoms with E-state index in [9.17, 15) is 9.50 Å². The molecule has 2 nitrogen and oxygen atoms in total. The molecule has 0 saturated heterocycles. The first kappa shape index (κ1) is 23.5. The molecule has 1 aromatic carbocycles. The van der Waals surface area contributed by atoms with Crippen LogP contribution in [0.2, 0.25) is 0 Å². The summed E-state index contributed by atoms with van der Waals surface area (Å²) < 4.78 is 19.6. The molecule has 0 heterocycles. The van der Waals surface area contributed by atoms with Gasteiger partial charge in [-0.15, -0.1) is 0 Å². The molecule has 0 atom stereocenters. The van der Waals surface area contributed by atoms with Gasteiger partial charge in [0.25, 0.3) is 0 Å². The minimum absolute atomic E-state index is 0.274. The first-order valence-corrected chi connectivity index (χ1v) is 10.6. The van der Waals surface area contributed by atoms with Crippen LogP contribution in [0, 0.1) is 17.7 Å². The van der Waals surface area contributed by atoms with E-state index in [4.69, 9.17) is 4.74 Å². The summed E-state index contributed by atoms with van der Waals surface area (Å²) >= 11 is 0. The molecule has 0 spiro atoms. The van der Waals surface area contributed by atoms with Gasteiger partial charge in [-0.2, -0.15) is 0 Å². The third kappa shape index (κ3) is 12.5. The molecule has 0 aromatic heterocycles. The van der Waals surface area contributed by atoms with E-state index in [1.807, 2.05) is 0 Å². The van der Waals surface area contributed by atoms with Gasteiger partial charge in [-0.3, -0.25) is 0 Å². The van der Waals surface area contributed by atoms with Gasteiger partial charge in [0, 0.05) is 5.56 Å².